The summed E-state index contributed by atoms with van der Waals surface area (Å²) in [5.74, 6) is 1.03. The summed E-state index contributed by atoms with van der Waals surface area (Å²) in [7, 11) is 0. The highest BCUT2D eigenvalue weighted by atomic mass is 16.5. The van der Waals surface area contributed by atoms with Crippen molar-refractivity contribution in [3.05, 3.63) is 64.7 Å². The van der Waals surface area contributed by atoms with Gasteiger partial charge in [0.1, 0.15) is 23.5 Å². The molecule has 1 fully saturated rings. The summed E-state index contributed by atoms with van der Waals surface area (Å²) in [6, 6.07) is 12.5. The van der Waals surface area contributed by atoms with E-state index in [0.29, 0.717) is 60.2 Å². The average Bonchev–Trinajstić information content (AvgIpc) is 3.35. The van der Waals surface area contributed by atoms with Crippen LogP contribution in [0.25, 0.3) is 22.4 Å². The van der Waals surface area contributed by atoms with Gasteiger partial charge in [-0.25, -0.2) is 4.98 Å². The number of pyridine rings is 2. The second-order valence-corrected chi connectivity index (χ2v) is 8.37. The SMILES string of the molecule is CC(C)n1cnnc1-c1cccc(Nc2cccc3[nH]c(C(=O)N4CCOCC4)cc(=O)c23)n1. The van der Waals surface area contributed by atoms with Crippen LogP contribution in [0.4, 0.5) is 11.5 Å². The number of rotatable bonds is 5. The summed E-state index contributed by atoms with van der Waals surface area (Å²) in [6.45, 7) is 6.11. The molecule has 1 saturated heterocycles. The van der Waals surface area contributed by atoms with E-state index in [1.807, 2.05) is 34.9 Å². The average molecular weight is 460 g/mol. The Hall–Kier alpha value is -4.05. The van der Waals surface area contributed by atoms with Crippen molar-refractivity contribution in [1.29, 1.82) is 0 Å². The summed E-state index contributed by atoms with van der Waals surface area (Å²) in [4.78, 5) is 35.4. The summed E-state index contributed by atoms with van der Waals surface area (Å²) in [6.07, 6.45) is 1.68. The lowest BCUT2D eigenvalue weighted by Gasteiger charge is -2.26. The minimum absolute atomic E-state index is 0.189. The molecular formula is C24H25N7O3. The predicted molar refractivity (Wildman–Crippen MR) is 128 cm³/mol. The van der Waals surface area contributed by atoms with Crippen molar-refractivity contribution in [2.24, 2.45) is 0 Å². The zero-order chi connectivity index (χ0) is 23.7. The van der Waals surface area contributed by atoms with Gasteiger partial charge in [0.05, 0.1) is 29.8 Å². The van der Waals surface area contributed by atoms with Gasteiger partial charge in [-0.2, -0.15) is 0 Å². The van der Waals surface area contributed by atoms with Crippen molar-refractivity contribution in [1.82, 2.24) is 29.6 Å². The molecule has 0 saturated carbocycles. The Labute approximate surface area is 195 Å². The molecule has 4 heterocycles. The first-order valence-electron chi connectivity index (χ1n) is 11.2. The summed E-state index contributed by atoms with van der Waals surface area (Å²) in [5, 5.41) is 11.9. The Morgan fingerprint density at radius 1 is 1.15 bits per heavy atom. The number of morpholine rings is 1. The zero-order valence-electron chi connectivity index (χ0n) is 19.0. The number of hydrogen-bond donors (Lipinski definition) is 2. The van der Waals surface area contributed by atoms with Crippen LogP contribution in [0.5, 0.6) is 0 Å². The molecule has 2 N–H and O–H groups in total. The largest absolute Gasteiger partial charge is 0.378 e. The molecule has 174 valence electrons. The number of nitrogens with zero attached hydrogens (tertiary/aromatic N) is 5. The monoisotopic (exact) mass is 459 g/mol. The lowest BCUT2D eigenvalue weighted by molar-refractivity contribution is 0.0299. The van der Waals surface area contributed by atoms with Gasteiger partial charge in [0.2, 0.25) is 0 Å². The topological polar surface area (TPSA) is 118 Å². The van der Waals surface area contributed by atoms with E-state index in [4.69, 9.17) is 4.74 Å². The zero-order valence-corrected chi connectivity index (χ0v) is 19.0. The summed E-state index contributed by atoms with van der Waals surface area (Å²) in [5.41, 5.74) is 1.86. The number of carbonyl (C=O) groups is 1. The van der Waals surface area contributed by atoms with E-state index in [1.54, 1.807) is 17.3 Å². The molecular weight excluding hydrogens is 434 g/mol. The molecule has 1 aliphatic heterocycles. The van der Waals surface area contributed by atoms with Crippen LogP contribution < -0.4 is 10.7 Å². The van der Waals surface area contributed by atoms with Crippen molar-refractivity contribution in [2.45, 2.75) is 19.9 Å². The first-order valence-corrected chi connectivity index (χ1v) is 11.2. The maximum absolute atomic E-state index is 13.1. The minimum Gasteiger partial charge on any atom is -0.378 e. The minimum atomic E-state index is -0.246. The van der Waals surface area contributed by atoms with Crippen molar-refractivity contribution >= 4 is 28.3 Å². The molecule has 10 heteroatoms. The fourth-order valence-electron chi connectivity index (χ4n) is 4.03. The number of anilines is 2. The molecule has 0 unspecified atom stereocenters. The quantitative estimate of drug-likeness (QED) is 0.471. The number of benzene rings is 1. The Kier molecular flexibility index (Phi) is 5.81. The van der Waals surface area contributed by atoms with Crippen molar-refractivity contribution in [3.63, 3.8) is 0 Å². The Bertz CT molecular complexity index is 1400. The van der Waals surface area contributed by atoms with Crippen LogP contribution >= 0.6 is 0 Å². The molecule has 5 rings (SSSR count). The van der Waals surface area contributed by atoms with E-state index in [1.165, 1.54) is 6.07 Å². The summed E-state index contributed by atoms with van der Waals surface area (Å²) >= 11 is 0. The van der Waals surface area contributed by atoms with E-state index < -0.39 is 0 Å². The van der Waals surface area contributed by atoms with Gasteiger partial charge >= 0.3 is 0 Å². The van der Waals surface area contributed by atoms with Crippen molar-refractivity contribution in [2.75, 3.05) is 31.6 Å². The molecule has 0 spiro atoms. The van der Waals surface area contributed by atoms with Gasteiger partial charge in [0, 0.05) is 25.2 Å². The van der Waals surface area contributed by atoms with E-state index >= 15 is 0 Å². The highest BCUT2D eigenvalue weighted by molar-refractivity contribution is 5.98. The molecule has 0 aliphatic carbocycles. The van der Waals surface area contributed by atoms with Crippen LogP contribution in [0, 0.1) is 0 Å². The first-order chi connectivity index (χ1) is 16.5. The Morgan fingerprint density at radius 2 is 1.94 bits per heavy atom. The number of hydrogen-bond acceptors (Lipinski definition) is 7. The van der Waals surface area contributed by atoms with Gasteiger partial charge in [-0.1, -0.05) is 12.1 Å². The molecule has 1 amide bonds. The van der Waals surface area contributed by atoms with Crippen LogP contribution in [0.2, 0.25) is 0 Å². The number of carbonyl (C=O) groups excluding carboxylic acids is 1. The summed E-state index contributed by atoms with van der Waals surface area (Å²) < 4.78 is 7.26. The van der Waals surface area contributed by atoms with Crippen LogP contribution in [0.15, 0.2) is 53.6 Å². The second kappa shape index (κ2) is 9.06. The molecule has 0 radical (unpaired) electrons. The number of fused-ring (bicyclic) bond motifs is 1. The third-order valence-electron chi connectivity index (χ3n) is 5.75. The van der Waals surface area contributed by atoms with Gasteiger partial charge in [-0.05, 0) is 38.1 Å². The molecule has 4 aromatic rings. The molecule has 1 aromatic carbocycles. The Morgan fingerprint density at radius 3 is 2.74 bits per heavy atom. The number of amides is 1. The molecule has 0 bridgehead atoms. The molecule has 1 aliphatic rings. The lowest BCUT2D eigenvalue weighted by Crippen LogP contribution is -2.41. The normalized spacial score (nSPS) is 14.0. The molecule has 10 nitrogen and oxygen atoms in total. The number of aromatic amines is 1. The Balaban J connectivity index is 1.47. The van der Waals surface area contributed by atoms with Gasteiger partial charge in [0.15, 0.2) is 11.3 Å². The molecule has 0 atom stereocenters. The fourth-order valence-corrected chi connectivity index (χ4v) is 4.03. The van der Waals surface area contributed by atoms with Crippen molar-refractivity contribution < 1.29 is 9.53 Å². The van der Waals surface area contributed by atoms with E-state index in [9.17, 15) is 9.59 Å². The van der Waals surface area contributed by atoms with Gasteiger partial charge in [0.25, 0.3) is 5.91 Å². The maximum atomic E-state index is 13.1. The number of nitrogens with one attached hydrogen (secondary N) is 2. The van der Waals surface area contributed by atoms with Crippen LogP contribution in [-0.4, -0.2) is 61.8 Å². The third kappa shape index (κ3) is 4.15. The standard InChI is InChI=1S/C24H25N7O3/c1-15(2)31-14-25-29-23(31)18-7-4-8-21(28-18)27-17-6-3-5-16-22(17)20(32)13-19(26-16)24(33)30-9-11-34-12-10-30/h3-8,13-15H,9-12H2,1-2H3,(H,26,32)(H,27,28). The predicted octanol–water partition coefficient (Wildman–Crippen LogP) is 2.98. The lowest BCUT2D eigenvalue weighted by atomic mass is 10.1. The van der Waals surface area contributed by atoms with Crippen LogP contribution in [0.1, 0.15) is 30.4 Å². The fraction of sp³-hybridized carbons (Fsp3) is 0.292. The van der Waals surface area contributed by atoms with Gasteiger partial charge < -0.3 is 24.5 Å². The van der Waals surface area contributed by atoms with Crippen molar-refractivity contribution in [3.8, 4) is 11.5 Å². The van der Waals surface area contributed by atoms with Gasteiger partial charge in [-0.15, -0.1) is 10.2 Å². The van der Waals surface area contributed by atoms with Crippen LogP contribution in [-0.2, 0) is 4.74 Å². The first kappa shape index (κ1) is 21.8. The number of aromatic nitrogens is 5. The maximum Gasteiger partial charge on any atom is 0.270 e. The highest BCUT2D eigenvalue weighted by Crippen LogP contribution is 2.25. The van der Waals surface area contributed by atoms with Gasteiger partial charge in [-0.3, -0.25) is 9.59 Å². The van der Waals surface area contributed by atoms with E-state index in [0.717, 1.165) is 0 Å². The van der Waals surface area contributed by atoms with E-state index in [-0.39, 0.29) is 23.1 Å². The molecule has 3 aromatic heterocycles. The molecule has 34 heavy (non-hydrogen) atoms. The third-order valence-corrected chi connectivity index (χ3v) is 5.75. The second-order valence-electron chi connectivity index (χ2n) is 8.37. The van der Waals surface area contributed by atoms with E-state index in [2.05, 4.69) is 39.3 Å². The highest BCUT2D eigenvalue weighted by Gasteiger charge is 2.21. The number of ether oxygens (including phenoxy) is 1. The number of H-pyrrole nitrogens is 1. The smallest absolute Gasteiger partial charge is 0.270 e. The van der Waals surface area contributed by atoms with Crippen LogP contribution in [0.3, 0.4) is 0 Å².